The Bertz CT molecular complexity index is 557. The van der Waals surface area contributed by atoms with Crippen molar-refractivity contribution < 1.29 is 4.79 Å². The molecule has 0 unspecified atom stereocenters. The first-order valence-corrected chi connectivity index (χ1v) is 5.80. The van der Waals surface area contributed by atoms with Gasteiger partial charge < -0.3 is 5.32 Å². The van der Waals surface area contributed by atoms with E-state index >= 15 is 0 Å². The zero-order valence-electron chi connectivity index (χ0n) is 9.14. The molecule has 0 aliphatic heterocycles. The number of nitrogens with zero attached hydrogens (tertiary/aromatic N) is 2. The first-order valence-electron chi connectivity index (χ1n) is 5.01. The van der Waals surface area contributed by atoms with Crippen molar-refractivity contribution in [3.8, 4) is 0 Å². The third-order valence-electron chi connectivity index (χ3n) is 2.19. The molecule has 0 saturated heterocycles. The maximum Gasteiger partial charge on any atom is 0.275 e. The Balaban J connectivity index is 2.20. The molecule has 0 aliphatic rings. The smallest absolute Gasteiger partial charge is 0.275 e. The average molecular weight is 292 g/mol. The van der Waals surface area contributed by atoms with E-state index in [-0.39, 0.29) is 5.91 Å². The summed E-state index contributed by atoms with van der Waals surface area (Å²) in [5.74, 6) is 0.239. The Labute approximate surface area is 107 Å². The number of halogens is 1. The van der Waals surface area contributed by atoms with Gasteiger partial charge in [0.15, 0.2) is 0 Å². The van der Waals surface area contributed by atoms with Gasteiger partial charge >= 0.3 is 0 Å². The molecule has 0 radical (unpaired) electrons. The third-order valence-corrected chi connectivity index (χ3v) is 2.68. The number of nitrogens with one attached hydrogen (secondary N) is 1. The van der Waals surface area contributed by atoms with Crippen LogP contribution in [0.25, 0.3) is 0 Å². The van der Waals surface area contributed by atoms with Gasteiger partial charge in [-0.05, 0) is 30.7 Å². The summed E-state index contributed by atoms with van der Waals surface area (Å²) < 4.78 is 0.862. The summed E-state index contributed by atoms with van der Waals surface area (Å²) in [5, 5.41) is 2.70. The molecule has 1 amide bonds. The minimum absolute atomic E-state index is 0.256. The SMILES string of the molecule is Cc1cccnc1C(=O)Nc1cc(Br)ccn1. The molecule has 0 spiro atoms. The van der Waals surface area contributed by atoms with E-state index in [0.717, 1.165) is 10.0 Å². The summed E-state index contributed by atoms with van der Waals surface area (Å²) in [5.41, 5.74) is 1.24. The second-order valence-corrected chi connectivity index (χ2v) is 4.40. The van der Waals surface area contributed by atoms with Crippen molar-refractivity contribution in [3.05, 3.63) is 52.4 Å². The minimum Gasteiger partial charge on any atom is -0.305 e. The van der Waals surface area contributed by atoms with Crippen molar-refractivity contribution in [2.45, 2.75) is 6.92 Å². The first kappa shape index (κ1) is 11.7. The van der Waals surface area contributed by atoms with Crippen LogP contribution in [0.15, 0.2) is 41.1 Å². The lowest BCUT2D eigenvalue weighted by Crippen LogP contribution is -2.15. The monoisotopic (exact) mass is 291 g/mol. The van der Waals surface area contributed by atoms with Crippen LogP contribution in [0.4, 0.5) is 5.82 Å². The number of hydrogen-bond acceptors (Lipinski definition) is 3. The summed E-state index contributed by atoms with van der Waals surface area (Å²) in [6, 6.07) is 7.16. The molecule has 0 atom stereocenters. The van der Waals surface area contributed by atoms with Crippen LogP contribution in [0, 0.1) is 6.92 Å². The third kappa shape index (κ3) is 2.88. The Hall–Kier alpha value is -1.75. The van der Waals surface area contributed by atoms with E-state index in [4.69, 9.17) is 0 Å². The number of aromatic nitrogens is 2. The first-order chi connectivity index (χ1) is 8.16. The molecule has 86 valence electrons. The molecule has 1 N–H and O–H groups in total. The van der Waals surface area contributed by atoms with E-state index in [2.05, 4.69) is 31.2 Å². The Kier molecular flexibility index (Phi) is 3.49. The van der Waals surface area contributed by atoms with E-state index in [0.29, 0.717) is 11.5 Å². The Morgan fingerprint density at radius 1 is 1.29 bits per heavy atom. The van der Waals surface area contributed by atoms with Crippen molar-refractivity contribution in [3.63, 3.8) is 0 Å². The average Bonchev–Trinajstić information content (AvgIpc) is 2.29. The van der Waals surface area contributed by atoms with Gasteiger partial charge in [-0.3, -0.25) is 9.78 Å². The van der Waals surface area contributed by atoms with Gasteiger partial charge in [0.2, 0.25) is 0 Å². The van der Waals surface area contributed by atoms with Crippen LogP contribution in [-0.2, 0) is 0 Å². The van der Waals surface area contributed by atoms with E-state index in [9.17, 15) is 4.79 Å². The van der Waals surface area contributed by atoms with Crippen LogP contribution in [0.5, 0.6) is 0 Å². The van der Waals surface area contributed by atoms with E-state index < -0.39 is 0 Å². The zero-order valence-corrected chi connectivity index (χ0v) is 10.7. The van der Waals surface area contributed by atoms with Crippen molar-refractivity contribution in [1.82, 2.24) is 9.97 Å². The van der Waals surface area contributed by atoms with Gasteiger partial charge in [0.25, 0.3) is 5.91 Å². The predicted octanol–water partition coefficient (Wildman–Crippen LogP) is 2.80. The highest BCUT2D eigenvalue weighted by molar-refractivity contribution is 9.10. The van der Waals surface area contributed by atoms with Crippen LogP contribution in [-0.4, -0.2) is 15.9 Å². The number of aryl methyl sites for hydroxylation is 1. The van der Waals surface area contributed by atoms with Crippen LogP contribution < -0.4 is 5.32 Å². The van der Waals surface area contributed by atoms with Gasteiger partial charge in [-0.1, -0.05) is 22.0 Å². The van der Waals surface area contributed by atoms with Gasteiger partial charge in [0, 0.05) is 16.9 Å². The quantitative estimate of drug-likeness (QED) is 0.926. The van der Waals surface area contributed by atoms with Crippen LogP contribution in [0.1, 0.15) is 16.1 Å². The summed E-state index contributed by atoms with van der Waals surface area (Å²) in [6.07, 6.45) is 3.21. The number of hydrogen-bond donors (Lipinski definition) is 1. The van der Waals surface area contributed by atoms with E-state index in [1.54, 1.807) is 30.6 Å². The van der Waals surface area contributed by atoms with Crippen molar-refractivity contribution >= 4 is 27.7 Å². The summed E-state index contributed by atoms with van der Waals surface area (Å²) in [4.78, 5) is 20.0. The molecule has 0 aliphatic carbocycles. The van der Waals surface area contributed by atoms with Gasteiger partial charge in [-0.25, -0.2) is 4.98 Å². The fraction of sp³-hybridized carbons (Fsp3) is 0.0833. The summed E-state index contributed by atoms with van der Waals surface area (Å²) in [6.45, 7) is 1.84. The minimum atomic E-state index is -0.256. The highest BCUT2D eigenvalue weighted by atomic mass is 79.9. The lowest BCUT2D eigenvalue weighted by atomic mass is 10.2. The fourth-order valence-corrected chi connectivity index (χ4v) is 1.71. The standard InChI is InChI=1S/C12H10BrN3O/c1-8-3-2-5-15-11(8)12(17)16-10-7-9(13)4-6-14-10/h2-7H,1H3,(H,14,16,17). The van der Waals surface area contributed by atoms with Crippen LogP contribution in [0.3, 0.4) is 0 Å². The summed E-state index contributed by atoms with van der Waals surface area (Å²) in [7, 11) is 0. The number of carbonyl (C=O) groups is 1. The second kappa shape index (κ2) is 5.05. The molecule has 2 heterocycles. The van der Waals surface area contributed by atoms with Crippen LogP contribution >= 0.6 is 15.9 Å². The highest BCUT2D eigenvalue weighted by Crippen LogP contribution is 2.14. The number of carbonyl (C=O) groups excluding carboxylic acids is 1. The van der Waals surface area contributed by atoms with Gasteiger partial charge in [-0.15, -0.1) is 0 Å². The van der Waals surface area contributed by atoms with E-state index in [1.165, 1.54) is 0 Å². The van der Waals surface area contributed by atoms with Gasteiger partial charge in [-0.2, -0.15) is 0 Å². The largest absolute Gasteiger partial charge is 0.305 e. The Morgan fingerprint density at radius 3 is 2.82 bits per heavy atom. The molecule has 0 bridgehead atoms. The number of anilines is 1. The molecule has 17 heavy (non-hydrogen) atoms. The van der Waals surface area contributed by atoms with Crippen molar-refractivity contribution in [2.75, 3.05) is 5.32 Å². The van der Waals surface area contributed by atoms with Crippen LogP contribution in [0.2, 0.25) is 0 Å². The number of amides is 1. The molecule has 5 heteroatoms. The number of rotatable bonds is 2. The zero-order chi connectivity index (χ0) is 12.3. The topological polar surface area (TPSA) is 54.9 Å². The highest BCUT2D eigenvalue weighted by Gasteiger charge is 2.10. The predicted molar refractivity (Wildman–Crippen MR) is 68.9 cm³/mol. The number of pyridine rings is 2. The Morgan fingerprint density at radius 2 is 2.12 bits per heavy atom. The van der Waals surface area contributed by atoms with Gasteiger partial charge in [0.1, 0.15) is 11.5 Å². The maximum absolute atomic E-state index is 11.9. The molecular weight excluding hydrogens is 282 g/mol. The molecule has 2 rings (SSSR count). The molecule has 0 fully saturated rings. The normalized spacial score (nSPS) is 10.0. The molecule has 4 nitrogen and oxygen atoms in total. The maximum atomic E-state index is 11.9. The molecular formula is C12H10BrN3O. The van der Waals surface area contributed by atoms with Crippen molar-refractivity contribution in [2.24, 2.45) is 0 Å². The second-order valence-electron chi connectivity index (χ2n) is 3.48. The lowest BCUT2D eigenvalue weighted by molar-refractivity contribution is 0.102. The van der Waals surface area contributed by atoms with Crippen molar-refractivity contribution in [1.29, 1.82) is 0 Å². The van der Waals surface area contributed by atoms with E-state index in [1.807, 2.05) is 13.0 Å². The fourth-order valence-electron chi connectivity index (χ4n) is 1.37. The molecule has 2 aromatic heterocycles. The lowest BCUT2D eigenvalue weighted by Gasteiger charge is -2.05. The van der Waals surface area contributed by atoms with Gasteiger partial charge in [0.05, 0.1) is 0 Å². The summed E-state index contributed by atoms with van der Waals surface area (Å²) >= 11 is 3.32. The molecule has 0 saturated carbocycles. The molecule has 0 aromatic carbocycles. The molecule has 2 aromatic rings.